The molecule has 0 spiro atoms. The van der Waals surface area contributed by atoms with Gasteiger partial charge in [-0.2, -0.15) is 0 Å². The number of hydrogen-bond donors (Lipinski definition) is 1. The molecule has 0 radical (unpaired) electrons. The lowest BCUT2D eigenvalue weighted by Crippen LogP contribution is -2.39. The van der Waals surface area contributed by atoms with Crippen LogP contribution in [-0.2, 0) is 14.9 Å². The third kappa shape index (κ3) is 1.83. The highest BCUT2D eigenvalue weighted by atomic mass is 16.5. The van der Waals surface area contributed by atoms with E-state index < -0.39 is 5.41 Å². The Hall–Kier alpha value is -1.35. The van der Waals surface area contributed by atoms with Crippen molar-refractivity contribution >= 4 is 5.97 Å². The Bertz CT molecular complexity index is 355. The van der Waals surface area contributed by atoms with Crippen LogP contribution in [0.1, 0.15) is 18.9 Å². The van der Waals surface area contributed by atoms with Gasteiger partial charge in [0, 0.05) is 6.54 Å². The van der Waals surface area contributed by atoms with E-state index in [0.717, 1.165) is 18.5 Å². The maximum atomic E-state index is 12.1. The topological polar surface area (TPSA) is 38.3 Å². The van der Waals surface area contributed by atoms with Gasteiger partial charge in [-0.15, -0.1) is 0 Å². The van der Waals surface area contributed by atoms with Crippen molar-refractivity contribution in [3.8, 4) is 0 Å². The molecule has 0 saturated carbocycles. The molecular formula is C13H17NO2. The maximum Gasteiger partial charge on any atom is 0.317 e. The van der Waals surface area contributed by atoms with Crippen LogP contribution in [0.2, 0.25) is 0 Å². The summed E-state index contributed by atoms with van der Waals surface area (Å²) in [6.45, 7) is 3.83. The molecule has 1 fully saturated rings. The van der Waals surface area contributed by atoms with Crippen molar-refractivity contribution in [2.75, 3.05) is 19.7 Å². The lowest BCUT2D eigenvalue weighted by atomic mass is 9.80. The van der Waals surface area contributed by atoms with Gasteiger partial charge in [0.15, 0.2) is 0 Å². The first-order chi connectivity index (χ1) is 7.79. The molecule has 1 aliphatic heterocycles. The molecule has 1 aliphatic rings. The summed E-state index contributed by atoms with van der Waals surface area (Å²) >= 11 is 0. The molecule has 0 amide bonds. The predicted molar refractivity (Wildman–Crippen MR) is 62.2 cm³/mol. The largest absolute Gasteiger partial charge is 0.465 e. The van der Waals surface area contributed by atoms with Crippen LogP contribution in [0, 0.1) is 0 Å². The highest BCUT2D eigenvalue weighted by Crippen LogP contribution is 2.32. The number of rotatable bonds is 3. The molecule has 0 aromatic heterocycles. The summed E-state index contributed by atoms with van der Waals surface area (Å²) in [5.41, 5.74) is 0.579. The van der Waals surface area contributed by atoms with E-state index in [9.17, 15) is 4.79 Å². The van der Waals surface area contributed by atoms with E-state index in [2.05, 4.69) is 5.32 Å². The molecule has 86 valence electrons. The van der Waals surface area contributed by atoms with Gasteiger partial charge in [0.25, 0.3) is 0 Å². The van der Waals surface area contributed by atoms with Gasteiger partial charge in [-0.05, 0) is 25.5 Å². The molecule has 1 saturated heterocycles. The number of carbonyl (C=O) groups is 1. The molecule has 2 rings (SSSR count). The molecular weight excluding hydrogens is 202 g/mol. The van der Waals surface area contributed by atoms with Gasteiger partial charge in [-0.1, -0.05) is 30.3 Å². The minimum Gasteiger partial charge on any atom is -0.465 e. The second-order valence-corrected chi connectivity index (χ2v) is 4.10. The minimum atomic E-state index is -0.475. The van der Waals surface area contributed by atoms with Crippen molar-refractivity contribution < 1.29 is 9.53 Å². The summed E-state index contributed by atoms with van der Waals surface area (Å²) in [5, 5.41) is 3.25. The molecule has 1 aromatic rings. The zero-order valence-corrected chi connectivity index (χ0v) is 9.53. The average Bonchev–Trinajstić information content (AvgIpc) is 2.81. The van der Waals surface area contributed by atoms with Crippen LogP contribution in [0.3, 0.4) is 0 Å². The summed E-state index contributed by atoms with van der Waals surface area (Å²) in [6.07, 6.45) is 0.815. The number of esters is 1. The van der Waals surface area contributed by atoms with Crippen molar-refractivity contribution in [3.63, 3.8) is 0 Å². The van der Waals surface area contributed by atoms with E-state index in [1.54, 1.807) is 0 Å². The Morgan fingerprint density at radius 1 is 1.44 bits per heavy atom. The molecule has 1 aromatic carbocycles. The molecule has 0 bridgehead atoms. The zero-order chi connectivity index (χ0) is 11.4. The number of ether oxygens (including phenoxy) is 1. The lowest BCUT2D eigenvalue weighted by Gasteiger charge is -2.26. The third-order valence-corrected chi connectivity index (χ3v) is 3.15. The Balaban J connectivity index is 2.32. The normalized spacial score (nSPS) is 24.3. The summed E-state index contributed by atoms with van der Waals surface area (Å²) in [7, 11) is 0. The van der Waals surface area contributed by atoms with E-state index in [0.29, 0.717) is 13.2 Å². The fraction of sp³-hybridized carbons (Fsp3) is 0.462. The third-order valence-electron chi connectivity index (χ3n) is 3.15. The highest BCUT2D eigenvalue weighted by molar-refractivity contribution is 5.84. The first-order valence-electron chi connectivity index (χ1n) is 5.73. The van der Waals surface area contributed by atoms with Crippen LogP contribution in [0.5, 0.6) is 0 Å². The Labute approximate surface area is 95.8 Å². The summed E-state index contributed by atoms with van der Waals surface area (Å²) in [6, 6.07) is 9.90. The van der Waals surface area contributed by atoms with Crippen molar-refractivity contribution in [3.05, 3.63) is 35.9 Å². The minimum absolute atomic E-state index is 0.105. The zero-order valence-electron chi connectivity index (χ0n) is 9.53. The standard InChI is InChI=1S/C13H17NO2/c1-2-16-12(15)13(8-9-14-10-13)11-6-4-3-5-7-11/h3-7,14H,2,8-10H2,1H3. The van der Waals surface area contributed by atoms with Gasteiger partial charge < -0.3 is 10.1 Å². The number of carbonyl (C=O) groups excluding carboxylic acids is 1. The lowest BCUT2D eigenvalue weighted by molar-refractivity contribution is -0.149. The average molecular weight is 219 g/mol. The fourth-order valence-corrected chi connectivity index (χ4v) is 2.26. The molecule has 1 atom stereocenters. The second kappa shape index (κ2) is 4.66. The molecule has 3 nitrogen and oxygen atoms in total. The number of benzene rings is 1. The Morgan fingerprint density at radius 3 is 2.75 bits per heavy atom. The van der Waals surface area contributed by atoms with Crippen molar-refractivity contribution in [1.29, 1.82) is 0 Å². The first kappa shape index (κ1) is 11.1. The van der Waals surface area contributed by atoms with E-state index in [1.165, 1.54) is 0 Å². The molecule has 3 heteroatoms. The maximum absolute atomic E-state index is 12.1. The fourth-order valence-electron chi connectivity index (χ4n) is 2.26. The van der Waals surface area contributed by atoms with Crippen molar-refractivity contribution in [2.45, 2.75) is 18.8 Å². The molecule has 0 aliphatic carbocycles. The molecule has 1 heterocycles. The van der Waals surface area contributed by atoms with Crippen molar-refractivity contribution in [1.82, 2.24) is 5.32 Å². The van der Waals surface area contributed by atoms with E-state index in [-0.39, 0.29) is 5.97 Å². The summed E-state index contributed by atoms with van der Waals surface area (Å²) < 4.78 is 5.20. The first-order valence-corrected chi connectivity index (χ1v) is 5.73. The highest BCUT2D eigenvalue weighted by Gasteiger charge is 2.44. The quantitative estimate of drug-likeness (QED) is 0.783. The molecule has 16 heavy (non-hydrogen) atoms. The van der Waals surface area contributed by atoms with Crippen molar-refractivity contribution in [2.24, 2.45) is 0 Å². The summed E-state index contributed by atoms with van der Waals surface area (Å²) in [4.78, 5) is 12.1. The molecule has 1 unspecified atom stereocenters. The van der Waals surface area contributed by atoms with Crippen LogP contribution in [-0.4, -0.2) is 25.7 Å². The van der Waals surface area contributed by atoms with Gasteiger partial charge in [0.05, 0.1) is 6.61 Å². The summed E-state index contributed by atoms with van der Waals surface area (Å²) in [5.74, 6) is -0.105. The number of hydrogen-bond acceptors (Lipinski definition) is 3. The van der Waals surface area contributed by atoms with Crippen LogP contribution in [0.15, 0.2) is 30.3 Å². The van der Waals surface area contributed by atoms with Crippen LogP contribution in [0.25, 0.3) is 0 Å². The van der Waals surface area contributed by atoms with E-state index >= 15 is 0 Å². The Morgan fingerprint density at radius 2 is 2.19 bits per heavy atom. The molecule has 1 N–H and O–H groups in total. The van der Waals surface area contributed by atoms with Gasteiger partial charge in [-0.25, -0.2) is 0 Å². The van der Waals surface area contributed by atoms with E-state index in [4.69, 9.17) is 4.74 Å². The van der Waals surface area contributed by atoms with Gasteiger partial charge in [-0.3, -0.25) is 4.79 Å². The number of nitrogens with one attached hydrogen (secondary N) is 1. The predicted octanol–water partition coefficient (Wildman–Crippen LogP) is 1.48. The van der Waals surface area contributed by atoms with E-state index in [1.807, 2.05) is 37.3 Å². The monoisotopic (exact) mass is 219 g/mol. The van der Waals surface area contributed by atoms with Crippen LogP contribution < -0.4 is 5.32 Å². The SMILES string of the molecule is CCOC(=O)C1(c2ccccc2)CCNC1. The smallest absolute Gasteiger partial charge is 0.317 e. The second-order valence-electron chi connectivity index (χ2n) is 4.10. The van der Waals surface area contributed by atoms with Gasteiger partial charge >= 0.3 is 5.97 Å². The Kier molecular flexibility index (Phi) is 3.25. The van der Waals surface area contributed by atoms with Gasteiger partial charge in [0.1, 0.15) is 5.41 Å². The van der Waals surface area contributed by atoms with Crippen LogP contribution in [0.4, 0.5) is 0 Å². The van der Waals surface area contributed by atoms with Gasteiger partial charge in [0.2, 0.25) is 0 Å². The van der Waals surface area contributed by atoms with Crippen LogP contribution >= 0.6 is 0 Å².